The van der Waals surface area contributed by atoms with Gasteiger partial charge in [0.2, 0.25) is 11.7 Å². The molecule has 0 aliphatic carbocycles. The maximum atomic E-state index is 13.7. The number of carbonyl (C=O) groups is 3. The van der Waals surface area contributed by atoms with Gasteiger partial charge in [0.25, 0.3) is 0 Å². The number of anilines is 1. The summed E-state index contributed by atoms with van der Waals surface area (Å²) in [5.41, 5.74) is 0.558. The maximum Gasteiger partial charge on any atom is 0.340 e. The van der Waals surface area contributed by atoms with E-state index in [9.17, 15) is 23.2 Å². The van der Waals surface area contributed by atoms with Crippen molar-refractivity contribution in [1.29, 1.82) is 0 Å². The molecule has 0 unspecified atom stereocenters. The zero-order valence-corrected chi connectivity index (χ0v) is 17.5. The number of amides is 1. The minimum absolute atomic E-state index is 0.0103. The van der Waals surface area contributed by atoms with Gasteiger partial charge in [-0.15, -0.1) is 0 Å². The minimum Gasteiger partial charge on any atom is -0.497 e. The van der Waals surface area contributed by atoms with E-state index in [0.717, 1.165) is 17.7 Å². The van der Waals surface area contributed by atoms with Crippen molar-refractivity contribution < 1.29 is 32.6 Å². The molecule has 0 spiro atoms. The molecule has 0 fully saturated rings. The van der Waals surface area contributed by atoms with Crippen molar-refractivity contribution in [3.05, 3.63) is 101 Å². The standard InChI is InChI=1S/C25H19F2NO5/c1-32-18-10-6-16(7-11-18)8-13-24(30)28-22-5-3-2-4-20(22)25(31)33-15-23(29)19-12-9-17(26)14-21(19)27/h2-14H,15H2,1H3,(H,28,30)/b13-8+. The lowest BCUT2D eigenvalue weighted by molar-refractivity contribution is -0.111. The van der Waals surface area contributed by atoms with E-state index in [-0.39, 0.29) is 11.3 Å². The summed E-state index contributed by atoms with van der Waals surface area (Å²) in [6.45, 7) is -0.749. The number of hydrogen-bond donors (Lipinski definition) is 1. The molecule has 0 aliphatic rings. The van der Waals surface area contributed by atoms with Crippen LogP contribution in [0, 0.1) is 11.6 Å². The molecule has 0 radical (unpaired) electrons. The van der Waals surface area contributed by atoms with Crippen LogP contribution < -0.4 is 10.1 Å². The first-order chi connectivity index (χ1) is 15.9. The number of ketones is 1. The van der Waals surface area contributed by atoms with Gasteiger partial charge in [-0.05, 0) is 48.0 Å². The number of halogens is 2. The first-order valence-electron chi connectivity index (χ1n) is 9.75. The number of benzene rings is 3. The average molecular weight is 451 g/mol. The van der Waals surface area contributed by atoms with Gasteiger partial charge in [0.1, 0.15) is 17.4 Å². The Morgan fingerprint density at radius 1 is 0.939 bits per heavy atom. The molecule has 3 aromatic rings. The smallest absolute Gasteiger partial charge is 0.340 e. The lowest BCUT2D eigenvalue weighted by Gasteiger charge is -2.10. The summed E-state index contributed by atoms with van der Waals surface area (Å²) in [6, 6.07) is 15.6. The van der Waals surface area contributed by atoms with Gasteiger partial charge in [-0.3, -0.25) is 9.59 Å². The Kier molecular flexibility index (Phi) is 7.64. The number of esters is 1. The van der Waals surface area contributed by atoms with Crippen LogP contribution in [0.15, 0.2) is 72.8 Å². The van der Waals surface area contributed by atoms with Crippen molar-refractivity contribution in [2.75, 3.05) is 19.0 Å². The predicted molar refractivity (Wildman–Crippen MR) is 118 cm³/mol. The lowest BCUT2D eigenvalue weighted by Crippen LogP contribution is -2.18. The van der Waals surface area contributed by atoms with Gasteiger partial charge >= 0.3 is 5.97 Å². The third-order valence-corrected chi connectivity index (χ3v) is 4.51. The van der Waals surface area contributed by atoms with Gasteiger partial charge in [-0.25, -0.2) is 13.6 Å². The van der Waals surface area contributed by atoms with Crippen molar-refractivity contribution in [3.8, 4) is 5.75 Å². The molecule has 1 N–H and O–H groups in total. The van der Waals surface area contributed by atoms with Crippen LogP contribution in [0.5, 0.6) is 5.75 Å². The molecule has 168 valence electrons. The van der Waals surface area contributed by atoms with E-state index in [1.165, 1.54) is 18.2 Å². The minimum atomic E-state index is -1.05. The fourth-order valence-electron chi connectivity index (χ4n) is 2.83. The molecule has 0 aromatic heterocycles. The van der Waals surface area contributed by atoms with Crippen molar-refractivity contribution >= 4 is 29.4 Å². The molecule has 8 heteroatoms. The van der Waals surface area contributed by atoms with Crippen molar-refractivity contribution in [3.63, 3.8) is 0 Å². The largest absolute Gasteiger partial charge is 0.497 e. The summed E-state index contributed by atoms with van der Waals surface area (Å²) in [4.78, 5) is 36.9. The first kappa shape index (κ1) is 23.3. The summed E-state index contributed by atoms with van der Waals surface area (Å²) in [7, 11) is 1.55. The average Bonchev–Trinajstić information content (AvgIpc) is 2.81. The van der Waals surface area contributed by atoms with E-state index in [2.05, 4.69) is 5.32 Å². The predicted octanol–water partition coefficient (Wildman–Crippen LogP) is 4.67. The molecule has 0 aliphatic heterocycles. The summed E-state index contributed by atoms with van der Waals surface area (Å²) < 4.78 is 36.8. The van der Waals surface area contributed by atoms with Gasteiger partial charge in [-0.2, -0.15) is 0 Å². The SMILES string of the molecule is COc1ccc(/C=C/C(=O)Nc2ccccc2C(=O)OCC(=O)c2ccc(F)cc2F)cc1. The fourth-order valence-corrected chi connectivity index (χ4v) is 2.83. The van der Waals surface area contributed by atoms with Crippen LogP contribution in [0.2, 0.25) is 0 Å². The summed E-state index contributed by atoms with van der Waals surface area (Å²) in [6.07, 6.45) is 2.89. The molecule has 6 nitrogen and oxygen atoms in total. The lowest BCUT2D eigenvalue weighted by atomic mass is 10.1. The Morgan fingerprint density at radius 3 is 2.36 bits per heavy atom. The fraction of sp³-hybridized carbons (Fsp3) is 0.0800. The highest BCUT2D eigenvalue weighted by molar-refractivity contribution is 6.07. The van der Waals surface area contributed by atoms with E-state index in [0.29, 0.717) is 11.8 Å². The number of carbonyl (C=O) groups excluding carboxylic acids is 3. The molecular weight excluding hydrogens is 432 g/mol. The summed E-state index contributed by atoms with van der Waals surface area (Å²) in [5.74, 6) is -3.40. The van der Waals surface area contributed by atoms with Gasteiger partial charge < -0.3 is 14.8 Å². The van der Waals surface area contributed by atoms with Gasteiger partial charge in [0.05, 0.1) is 23.9 Å². The maximum absolute atomic E-state index is 13.7. The van der Waals surface area contributed by atoms with Crippen LogP contribution in [-0.4, -0.2) is 31.4 Å². The zero-order chi connectivity index (χ0) is 23.8. The molecule has 3 aromatic carbocycles. The second kappa shape index (κ2) is 10.8. The molecule has 0 bridgehead atoms. The Balaban J connectivity index is 1.63. The third kappa shape index (κ3) is 6.33. The van der Waals surface area contributed by atoms with Gasteiger partial charge in [0, 0.05) is 12.1 Å². The van der Waals surface area contributed by atoms with Crippen LogP contribution in [0.1, 0.15) is 26.3 Å². The highest BCUT2D eigenvalue weighted by Gasteiger charge is 2.18. The Morgan fingerprint density at radius 2 is 1.67 bits per heavy atom. The van der Waals surface area contributed by atoms with E-state index in [1.807, 2.05) is 0 Å². The Bertz CT molecular complexity index is 1210. The van der Waals surface area contributed by atoms with Crippen LogP contribution in [-0.2, 0) is 9.53 Å². The summed E-state index contributed by atoms with van der Waals surface area (Å²) >= 11 is 0. The number of nitrogens with one attached hydrogen (secondary N) is 1. The van der Waals surface area contributed by atoms with Crippen molar-refractivity contribution in [2.45, 2.75) is 0 Å². The summed E-state index contributed by atoms with van der Waals surface area (Å²) in [5, 5.41) is 2.58. The Hall–Kier alpha value is -4.33. The first-order valence-corrected chi connectivity index (χ1v) is 9.75. The molecular formula is C25H19F2NO5. The quantitative estimate of drug-likeness (QED) is 0.306. The van der Waals surface area contributed by atoms with Crippen LogP contribution in [0.25, 0.3) is 6.08 Å². The molecule has 0 heterocycles. The van der Waals surface area contributed by atoms with E-state index in [1.54, 1.807) is 49.6 Å². The monoisotopic (exact) mass is 451 g/mol. The molecule has 0 atom stereocenters. The van der Waals surface area contributed by atoms with Gasteiger partial charge in [0.15, 0.2) is 6.61 Å². The van der Waals surface area contributed by atoms with Crippen molar-refractivity contribution in [1.82, 2.24) is 0 Å². The van der Waals surface area contributed by atoms with Crippen molar-refractivity contribution in [2.24, 2.45) is 0 Å². The number of para-hydroxylation sites is 1. The second-order valence-corrected chi connectivity index (χ2v) is 6.76. The van der Waals surface area contributed by atoms with E-state index < -0.39 is 41.5 Å². The second-order valence-electron chi connectivity index (χ2n) is 6.76. The van der Waals surface area contributed by atoms with Crippen LogP contribution in [0.3, 0.4) is 0 Å². The number of rotatable bonds is 8. The highest BCUT2D eigenvalue weighted by atomic mass is 19.1. The van der Waals surface area contributed by atoms with E-state index >= 15 is 0 Å². The molecule has 1 amide bonds. The number of hydrogen-bond acceptors (Lipinski definition) is 5. The molecule has 0 saturated heterocycles. The highest BCUT2D eigenvalue weighted by Crippen LogP contribution is 2.18. The molecule has 0 saturated carbocycles. The van der Waals surface area contributed by atoms with Crippen LogP contribution >= 0.6 is 0 Å². The zero-order valence-electron chi connectivity index (χ0n) is 17.5. The van der Waals surface area contributed by atoms with E-state index in [4.69, 9.17) is 9.47 Å². The normalized spacial score (nSPS) is 10.6. The number of methoxy groups -OCH3 is 1. The molecule has 33 heavy (non-hydrogen) atoms. The number of Topliss-reactive ketones (excluding diaryl/α,β-unsaturated/α-hetero) is 1. The Labute approximate surface area is 188 Å². The topological polar surface area (TPSA) is 81.7 Å². The third-order valence-electron chi connectivity index (χ3n) is 4.51. The number of ether oxygens (including phenoxy) is 2. The van der Waals surface area contributed by atoms with Crippen LogP contribution in [0.4, 0.5) is 14.5 Å². The molecule has 3 rings (SSSR count). The van der Waals surface area contributed by atoms with Gasteiger partial charge in [-0.1, -0.05) is 24.3 Å².